The fourth-order valence-electron chi connectivity index (χ4n) is 2.26. The van der Waals surface area contributed by atoms with Crippen molar-refractivity contribution in [3.8, 4) is 11.8 Å². The Labute approximate surface area is 123 Å². The van der Waals surface area contributed by atoms with Gasteiger partial charge in [-0.2, -0.15) is 5.26 Å². The second kappa shape index (κ2) is 5.74. The van der Waals surface area contributed by atoms with E-state index in [1.807, 2.05) is 6.07 Å². The Balaban J connectivity index is 1.86. The van der Waals surface area contributed by atoms with Crippen molar-refractivity contribution in [2.45, 2.75) is 18.9 Å². The van der Waals surface area contributed by atoms with Crippen molar-refractivity contribution in [3.05, 3.63) is 29.8 Å². The summed E-state index contributed by atoms with van der Waals surface area (Å²) in [6, 6.07) is 8.39. The fourth-order valence-corrected chi connectivity index (χ4v) is 4.35. The highest BCUT2D eigenvalue weighted by atomic mass is 32.2. The number of amides is 1. The number of nitriles is 1. The van der Waals surface area contributed by atoms with Crippen molar-refractivity contribution in [3.63, 3.8) is 0 Å². The average molecular weight is 308 g/mol. The summed E-state index contributed by atoms with van der Waals surface area (Å²) < 4.78 is 28.2. The monoisotopic (exact) mass is 308 g/mol. The number of hydrogen-bond acceptors (Lipinski definition) is 5. The lowest BCUT2D eigenvalue weighted by atomic mass is 10.0. The van der Waals surface area contributed by atoms with E-state index < -0.39 is 15.4 Å². The number of hydrogen-bond donors (Lipinski definition) is 1. The molecule has 0 spiro atoms. The van der Waals surface area contributed by atoms with Crippen LogP contribution in [0.5, 0.6) is 5.75 Å². The molecule has 1 amide bonds. The molecule has 1 aromatic rings. The van der Waals surface area contributed by atoms with Gasteiger partial charge in [-0.3, -0.25) is 4.79 Å². The zero-order chi connectivity index (χ0) is 15.5. The number of nitrogens with zero attached hydrogens (tertiary/aromatic N) is 1. The van der Waals surface area contributed by atoms with Gasteiger partial charge in [-0.05, 0) is 37.6 Å². The van der Waals surface area contributed by atoms with Gasteiger partial charge in [-0.25, -0.2) is 8.42 Å². The molecule has 1 N–H and O–H groups in total. The molecule has 0 unspecified atom stereocenters. The molecule has 1 aromatic carbocycles. The van der Waals surface area contributed by atoms with Crippen LogP contribution in [0.3, 0.4) is 0 Å². The molecule has 1 fully saturated rings. The molecule has 0 bridgehead atoms. The van der Waals surface area contributed by atoms with Gasteiger partial charge in [0.25, 0.3) is 5.91 Å². The minimum absolute atomic E-state index is 0.0391. The Hall–Kier alpha value is -2.07. The highest BCUT2D eigenvalue weighted by Crippen LogP contribution is 2.22. The largest absolute Gasteiger partial charge is 0.484 e. The van der Waals surface area contributed by atoms with E-state index in [1.165, 1.54) is 0 Å². The summed E-state index contributed by atoms with van der Waals surface area (Å²) in [7, 11) is -3.06. The lowest BCUT2D eigenvalue weighted by molar-refractivity contribution is -0.124. The zero-order valence-electron chi connectivity index (χ0n) is 11.6. The molecule has 1 atom stereocenters. The van der Waals surface area contributed by atoms with Gasteiger partial charge >= 0.3 is 0 Å². The molecule has 0 aromatic heterocycles. The van der Waals surface area contributed by atoms with Crippen LogP contribution in [0.15, 0.2) is 24.3 Å². The Morgan fingerprint density at radius 2 is 2.10 bits per heavy atom. The van der Waals surface area contributed by atoms with Gasteiger partial charge in [-0.15, -0.1) is 0 Å². The first-order valence-electron chi connectivity index (χ1n) is 6.46. The number of benzene rings is 1. The maximum atomic E-state index is 11.8. The third-order valence-electron chi connectivity index (χ3n) is 3.30. The van der Waals surface area contributed by atoms with Gasteiger partial charge in [0, 0.05) is 0 Å². The van der Waals surface area contributed by atoms with Crippen molar-refractivity contribution in [1.29, 1.82) is 5.26 Å². The third-order valence-corrected chi connectivity index (χ3v) is 5.20. The molecule has 1 aliphatic rings. The molecular formula is C14H16N2O4S. The summed E-state index contributed by atoms with van der Waals surface area (Å²) in [5, 5.41) is 11.4. The van der Waals surface area contributed by atoms with E-state index in [0.717, 1.165) is 0 Å². The fraction of sp³-hybridized carbons (Fsp3) is 0.429. The topological polar surface area (TPSA) is 96.3 Å². The molecule has 0 aliphatic carbocycles. The van der Waals surface area contributed by atoms with E-state index in [-0.39, 0.29) is 24.0 Å². The molecule has 0 saturated carbocycles. The van der Waals surface area contributed by atoms with Crippen LogP contribution >= 0.6 is 0 Å². The lowest BCUT2D eigenvalue weighted by Gasteiger charge is -2.23. The van der Waals surface area contributed by atoms with Crippen molar-refractivity contribution >= 4 is 15.7 Å². The number of rotatable bonds is 4. The molecule has 0 radical (unpaired) electrons. The number of carbonyl (C=O) groups excluding carboxylic acids is 1. The molecule has 7 heteroatoms. The smallest absolute Gasteiger partial charge is 0.258 e. The van der Waals surface area contributed by atoms with Gasteiger partial charge in [0.05, 0.1) is 28.7 Å². The highest BCUT2D eigenvalue weighted by molar-refractivity contribution is 7.91. The van der Waals surface area contributed by atoms with E-state index in [2.05, 4.69) is 5.32 Å². The van der Waals surface area contributed by atoms with E-state index in [0.29, 0.717) is 17.7 Å². The van der Waals surface area contributed by atoms with Crippen LogP contribution in [0.2, 0.25) is 0 Å². The van der Waals surface area contributed by atoms with E-state index in [1.54, 1.807) is 31.2 Å². The molecule has 1 heterocycles. The zero-order valence-corrected chi connectivity index (χ0v) is 12.4. The van der Waals surface area contributed by atoms with Gasteiger partial charge in [-0.1, -0.05) is 0 Å². The summed E-state index contributed by atoms with van der Waals surface area (Å²) in [5.74, 6) is 0.176. The molecular weight excluding hydrogens is 292 g/mol. The molecule has 1 saturated heterocycles. The molecule has 112 valence electrons. The van der Waals surface area contributed by atoms with Crippen LogP contribution in [-0.2, 0) is 14.6 Å². The van der Waals surface area contributed by atoms with Crippen molar-refractivity contribution in [2.75, 3.05) is 18.1 Å². The number of sulfone groups is 1. The van der Waals surface area contributed by atoms with Crippen molar-refractivity contribution in [1.82, 2.24) is 5.32 Å². The molecule has 2 rings (SSSR count). The van der Waals surface area contributed by atoms with Gasteiger partial charge in [0.2, 0.25) is 0 Å². The van der Waals surface area contributed by atoms with Gasteiger partial charge < -0.3 is 10.1 Å². The molecule has 1 aliphatic heterocycles. The van der Waals surface area contributed by atoms with Crippen LogP contribution in [0.25, 0.3) is 0 Å². The molecule has 6 nitrogen and oxygen atoms in total. The normalized spacial score (nSPS) is 23.2. The summed E-state index contributed by atoms with van der Waals surface area (Å²) >= 11 is 0. The molecule has 21 heavy (non-hydrogen) atoms. The second-order valence-corrected chi connectivity index (χ2v) is 7.56. The third kappa shape index (κ3) is 4.20. The number of nitrogens with one attached hydrogen (secondary N) is 1. The van der Waals surface area contributed by atoms with Crippen molar-refractivity contribution < 1.29 is 17.9 Å². The Kier molecular flexibility index (Phi) is 4.19. The first-order chi connectivity index (χ1) is 9.82. The van der Waals surface area contributed by atoms with Crippen LogP contribution < -0.4 is 10.1 Å². The summed E-state index contributed by atoms with van der Waals surface area (Å²) in [4.78, 5) is 11.8. The summed E-state index contributed by atoms with van der Waals surface area (Å²) in [6.07, 6.45) is 0.415. The quantitative estimate of drug-likeness (QED) is 0.880. The predicted octanol–water partition coefficient (Wildman–Crippen LogP) is 0.630. The second-order valence-electron chi connectivity index (χ2n) is 5.38. The maximum Gasteiger partial charge on any atom is 0.258 e. The predicted molar refractivity (Wildman–Crippen MR) is 76.5 cm³/mol. The standard InChI is InChI=1S/C14H16N2O4S/c1-14(6-7-21(18,19)10-14)16-13(17)9-20-12-4-2-11(8-15)3-5-12/h2-5H,6-7,9-10H2,1H3,(H,16,17)/t14-/m0/s1. The lowest BCUT2D eigenvalue weighted by Crippen LogP contribution is -2.48. The minimum Gasteiger partial charge on any atom is -0.484 e. The van der Waals surface area contributed by atoms with Crippen LogP contribution in [-0.4, -0.2) is 38.0 Å². The highest BCUT2D eigenvalue weighted by Gasteiger charge is 2.39. The van der Waals surface area contributed by atoms with Crippen LogP contribution in [0.1, 0.15) is 18.9 Å². The Morgan fingerprint density at radius 1 is 1.43 bits per heavy atom. The van der Waals surface area contributed by atoms with E-state index in [4.69, 9.17) is 10.00 Å². The van der Waals surface area contributed by atoms with Crippen molar-refractivity contribution in [2.24, 2.45) is 0 Å². The summed E-state index contributed by atoms with van der Waals surface area (Å²) in [6.45, 7) is 1.53. The van der Waals surface area contributed by atoms with Crippen LogP contribution in [0, 0.1) is 11.3 Å². The van der Waals surface area contributed by atoms with Gasteiger partial charge in [0.1, 0.15) is 5.75 Å². The number of carbonyl (C=O) groups is 1. The minimum atomic E-state index is -3.06. The van der Waals surface area contributed by atoms with E-state index >= 15 is 0 Å². The maximum absolute atomic E-state index is 11.8. The Morgan fingerprint density at radius 3 is 2.62 bits per heavy atom. The van der Waals surface area contributed by atoms with Gasteiger partial charge in [0.15, 0.2) is 16.4 Å². The number of ether oxygens (including phenoxy) is 1. The van der Waals surface area contributed by atoms with E-state index in [9.17, 15) is 13.2 Å². The average Bonchev–Trinajstić information content (AvgIpc) is 2.70. The summed E-state index contributed by atoms with van der Waals surface area (Å²) in [5.41, 5.74) is -0.209. The Bertz CT molecular complexity index is 676. The SMILES string of the molecule is C[C@]1(NC(=O)COc2ccc(C#N)cc2)CCS(=O)(=O)C1. The van der Waals surface area contributed by atoms with Crippen LogP contribution in [0.4, 0.5) is 0 Å². The first-order valence-corrected chi connectivity index (χ1v) is 8.28. The first kappa shape index (κ1) is 15.3.